The molecule has 7 nitrogen and oxygen atoms in total. The van der Waals surface area contributed by atoms with E-state index in [9.17, 15) is 17.8 Å². The smallest absolute Gasteiger partial charge is 0.227 e. The second kappa shape index (κ2) is 16.5. The summed E-state index contributed by atoms with van der Waals surface area (Å²) >= 11 is 13.0. The maximum absolute atomic E-state index is 13.8. The molecule has 0 spiro atoms. The van der Waals surface area contributed by atoms with Crippen LogP contribution in [0.1, 0.15) is 69.1 Å². The molecule has 1 unspecified atom stereocenters. The molecule has 53 heavy (non-hydrogen) atoms. The van der Waals surface area contributed by atoms with Gasteiger partial charge in [0.1, 0.15) is 15.9 Å². The largest absolute Gasteiger partial charge is 0.744 e. The molecule has 8 rings (SSSR count). The van der Waals surface area contributed by atoms with Gasteiger partial charge < -0.3 is 18.7 Å². The second-order valence-electron chi connectivity index (χ2n) is 15.5. The molecule has 1 atom stereocenters. The van der Waals surface area contributed by atoms with Gasteiger partial charge in [0.05, 0.1) is 53.6 Å². The van der Waals surface area contributed by atoms with E-state index in [4.69, 9.17) is 27.9 Å². The van der Waals surface area contributed by atoms with E-state index in [1.165, 1.54) is 78.8 Å². The molecule has 4 aliphatic heterocycles. The van der Waals surface area contributed by atoms with E-state index in [2.05, 4.69) is 47.4 Å². The van der Waals surface area contributed by atoms with E-state index < -0.39 is 10.1 Å². The summed E-state index contributed by atoms with van der Waals surface area (Å²) in [6, 6.07) is 32.5. The van der Waals surface area contributed by atoms with Crippen LogP contribution in [0.25, 0.3) is 0 Å². The van der Waals surface area contributed by atoms with Gasteiger partial charge in [-0.15, -0.1) is 0 Å². The highest BCUT2D eigenvalue weighted by Crippen LogP contribution is 2.48. The number of rotatable bonds is 10. The number of piperidine rings is 4. The number of carbonyl (C=O) groups excluding carboxylic acids is 1. The Morgan fingerprint density at radius 1 is 0.830 bits per heavy atom. The van der Waals surface area contributed by atoms with Crippen LogP contribution in [0.5, 0.6) is 5.75 Å². The first kappa shape index (κ1) is 39.3. The highest BCUT2D eigenvalue weighted by molar-refractivity contribution is 7.85. The van der Waals surface area contributed by atoms with E-state index in [-0.39, 0.29) is 22.3 Å². The first-order valence-corrected chi connectivity index (χ1v) is 20.9. The molecule has 0 radical (unpaired) electrons. The zero-order valence-electron chi connectivity index (χ0n) is 30.7. The van der Waals surface area contributed by atoms with Gasteiger partial charge in [-0.2, -0.15) is 0 Å². The Morgan fingerprint density at radius 3 is 2.09 bits per heavy atom. The zero-order chi connectivity index (χ0) is 37.7. The molecule has 0 N–H and O–H groups in total. The third-order valence-corrected chi connectivity index (χ3v) is 13.4. The summed E-state index contributed by atoms with van der Waals surface area (Å²) < 4.78 is 37.9. The normalized spacial score (nSPS) is 24.0. The minimum Gasteiger partial charge on any atom is -0.744 e. The van der Waals surface area contributed by atoms with Gasteiger partial charge in [-0.05, 0) is 79.8 Å². The Balaban J connectivity index is 0.000000417. The zero-order valence-corrected chi connectivity index (χ0v) is 33.0. The summed E-state index contributed by atoms with van der Waals surface area (Å²) in [5.74, 6) is 0.999. The maximum Gasteiger partial charge on any atom is 0.227 e. The van der Waals surface area contributed by atoms with Crippen LogP contribution in [0.15, 0.2) is 108 Å². The van der Waals surface area contributed by atoms with E-state index in [1.54, 1.807) is 6.07 Å². The number of hydrogen-bond donors (Lipinski definition) is 0. The molecule has 4 heterocycles. The van der Waals surface area contributed by atoms with Crippen molar-refractivity contribution in [3.05, 3.63) is 130 Å². The summed E-state index contributed by atoms with van der Waals surface area (Å²) in [5.41, 5.74) is 3.97. The van der Waals surface area contributed by atoms with Crippen molar-refractivity contribution < 1.29 is 27.0 Å². The topological polar surface area (TPSA) is 86.7 Å². The lowest BCUT2D eigenvalue weighted by molar-refractivity contribution is -0.944. The van der Waals surface area contributed by atoms with Gasteiger partial charge in [-0.3, -0.25) is 4.79 Å². The third kappa shape index (κ3) is 9.46. The molecule has 4 aromatic carbocycles. The van der Waals surface area contributed by atoms with Crippen molar-refractivity contribution in [3.8, 4) is 5.75 Å². The molecule has 4 aliphatic rings. The molecule has 282 valence electrons. The first-order valence-electron chi connectivity index (χ1n) is 18.7. The van der Waals surface area contributed by atoms with E-state index in [0.717, 1.165) is 50.2 Å². The van der Waals surface area contributed by atoms with Gasteiger partial charge >= 0.3 is 0 Å². The number of quaternary nitrogens is 1. The molecule has 0 aliphatic carbocycles. The Morgan fingerprint density at radius 2 is 1.49 bits per heavy atom. The number of likely N-dealkylation sites (tertiary alicyclic amines) is 1. The van der Waals surface area contributed by atoms with Crippen LogP contribution in [0.3, 0.4) is 0 Å². The van der Waals surface area contributed by atoms with Gasteiger partial charge in [0.2, 0.25) is 5.91 Å². The van der Waals surface area contributed by atoms with Gasteiger partial charge in [0.25, 0.3) is 0 Å². The lowest BCUT2D eigenvalue weighted by Crippen LogP contribution is -2.64. The minimum atomic E-state index is -4.25. The monoisotopic (exact) mass is 776 g/mol. The van der Waals surface area contributed by atoms with Crippen LogP contribution in [0.2, 0.25) is 10.0 Å². The van der Waals surface area contributed by atoms with Crippen molar-refractivity contribution >= 4 is 39.2 Å². The fourth-order valence-electron chi connectivity index (χ4n) is 8.70. The Labute approximate surface area is 325 Å². The SMILES string of the molecule is CC(C)Oc1cccc(CC(=O)N2CCCC(CC[N+]34CCC(c5ccccc5)(CC3)CC4)(c3ccc(Cl)c(Cl)c3)C2)c1.O=S(=O)([O-])c1ccccc1. The molecule has 0 aromatic heterocycles. The number of amides is 1. The maximum atomic E-state index is 13.8. The lowest BCUT2D eigenvalue weighted by Gasteiger charge is -2.56. The van der Waals surface area contributed by atoms with Crippen molar-refractivity contribution in [2.75, 3.05) is 39.3 Å². The van der Waals surface area contributed by atoms with E-state index in [1.807, 2.05) is 44.2 Å². The Kier molecular flexibility index (Phi) is 12.3. The minimum absolute atomic E-state index is 0.0980. The van der Waals surface area contributed by atoms with Gasteiger partial charge in [-0.1, -0.05) is 89.9 Å². The molecule has 4 fully saturated rings. The average Bonchev–Trinajstić information content (AvgIpc) is 3.16. The number of carbonyl (C=O) groups is 1. The molecule has 0 saturated carbocycles. The fourth-order valence-corrected chi connectivity index (χ4v) is 9.49. The predicted octanol–water partition coefficient (Wildman–Crippen LogP) is 8.82. The third-order valence-electron chi connectivity index (χ3n) is 11.8. The summed E-state index contributed by atoms with van der Waals surface area (Å²) in [7, 11) is -4.25. The summed E-state index contributed by atoms with van der Waals surface area (Å²) in [6.45, 7) is 10.4. The molecule has 2 bridgehead atoms. The number of benzene rings is 4. The number of hydrogen-bond acceptors (Lipinski definition) is 5. The average molecular weight is 778 g/mol. The summed E-state index contributed by atoms with van der Waals surface area (Å²) in [6.07, 6.45) is 7.36. The van der Waals surface area contributed by atoms with Gasteiger partial charge in [0, 0.05) is 49.6 Å². The van der Waals surface area contributed by atoms with Crippen LogP contribution in [0.4, 0.5) is 0 Å². The van der Waals surface area contributed by atoms with Crippen molar-refractivity contribution in [1.29, 1.82) is 0 Å². The highest BCUT2D eigenvalue weighted by atomic mass is 35.5. The van der Waals surface area contributed by atoms with Gasteiger partial charge in [-0.25, -0.2) is 8.42 Å². The first-order chi connectivity index (χ1) is 25.3. The number of ether oxygens (including phenoxy) is 1. The number of halogens is 2. The lowest BCUT2D eigenvalue weighted by atomic mass is 9.65. The molecular weight excluding hydrogens is 727 g/mol. The highest BCUT2D eigenvalue weighted by Gasteiger charge is 2.51. The van der Waals surface area contributed by atoms with E-state index in [0.29, 0.717) is 21.9 Å². The number of nitrogens with zero attached hydrogens (tertiary/aromatic N) is 2. The summed E-state index contributed by atoms with van der Waals surface area (Å²) in [5, 5.41) is 1.18. The number of fused-ring (bicyclic) bond motifs is 3. The summed E-state index contributed by atoms with van der Waals surface area (Å²) in [4.78, 5) is 15.7. The Hall–Kier alpha value is -3.40. The van der Waals surface area contributed by atoms with Crippen LogP contribution >= 0.6 is 23.2 Å². The quantitative estimate of drug-likeness (QED) is 0.119. The van der Waals surface area contributed by atoms with Crippen LogP contribution in [-0.4, -0.2) is 73.6 Å². The van der Waals surface area contributed by atoms with Crippen LogP contribution in [-0.2, 0) is 32.2 Å². The van der Waals surface area contributed by atoms with E-state index >= 15 is 0 Å². The molecule has 1 amide bonds. The van der Waals surface area contributed by atoms with Crippen molar-refractivity contribution in [2.24, 2.45) is 0 Å². The van der Waals surface area contributed by atoms with Crippen LogP contribution < -0.4 is 4.74 Å². The second-order valence-corrected chi connectivity index (χ2v) is 17.7. The fraction of sp³-hybridized carbons (Fsp3) is 0.419. The van der Waals surface area contributed by atoms with Crippen molar-refractivity contribution in [3.63, 3.8) is 0 Å². The van der Waals surface area contributed by atoms with Crippen LogP contribution in [0, 0.1) is 0 Å². The van der Waals surface area contributed by atoms with Gasteiger partial charge in [0.15, 0.2) is 0 Å². The molecular formula is C43H50Cl2N2O5S. The molecule has 4 saturated heterocycles. The molecule has 10 heteroatoms. The predicted molar refractivity (Wildman–Crippen MR) is 211 cm³/mol. The van der Waals surface area contributed by atoms with Crippen molar-refractivity contribution in [2.45, 2.75) is 80.6 Å². The molecule has 4 aromatic rings. The standard InChI is InChI=1S/C37H45Cl2N2O2.C6H6O3S/c1-28(2)43-32-11-6-8-29(24-32)25-35(42)40-19-7-14-37(27-40,31-12-13-33(38)34(39)26-31)18-23-41-20-15-36(16-21-41,17-22-41)30-9-4-3-5-10-30;7-10(8,9)6-4-2-1-3-5-6/h3-6,8-13,24,26,28H,7,14-23,25,27H2,1-2H3;1-5H,(H,7,8,9)/q+1;/p-1. The Bertz CT molecular complexity index is 1950. The van der Waals surface area contributed by atoms with Crippen molar-refractivity contribution in [1.82, 2.24) is 4.90 Å².